The van der Waals surface area contributed by atoms with Crippen LogP contribution in [-0.2, 0) is 6.42 Å². The number of carboxylic acids is 1. The molecular formula is C14H12BrNO3S. The van der Waals surface area contributed by atoms with Gasteiger partial charge in [-0.2, -0.15) is 0 Å². The lowest BCUT2D eigenvalue weighted by Gasteiger charge is -2.04. The highest BCUT2D eigenvalue weighted by Crippen LogP contribution is 2.29. The van der Waals surface area contributed by atoms with Crippen molar-refractivity contribution in [2.75, 3.05) is 5.32 Å². The van der Waals surface area contributed by atoms with Crippen molar-refractivity contribution in [1.29, 1.82) is 0 Å². The first-order valence-corrected chi connectivity index (χ1v) is 7.55. The van der Waals surface area contributed by atoms with Crippen LogP contribution in [0.2, 0.25) is 0 Å². The van der Waals surface area contributed by atoms with Crippen LogP contribution >= 0.6 is 27.3 Å². The molecule has 4 nitrogen and oxygen atoms in total. The van der Waals surface area contributed by atoms with Crippen LogP contribution in [0.25, 0.3) is 0 Å². The molecule has 1 amide bonds. The third-order valence-electron chi connectivity index (χ3n) is 2.70. The van der Waals surface area contributed by atoms with Crippen LogP contribution in [0.1, 0.15) is 32.5 Å². The predicted octanol–water partition coefficient (Wildman–Crippen LogP) is 4.02. The monoisotopic (exact) mass is 353 g/mol. The van der Waals surface area contributed by atoms with Gasteiger partial charge in [0.1, 0.15) is 5.00 Å². The molecule has 0 aliphatic carbocycles. The van der Waals surface area contributed by atoms with Gasteiger partial charge in [-0.3, -0.25) is 4.79 Å². The average molecular weight is 354 g/mol. The maximum atomic E-state index is 12.1. The molecule has 0 saturated heterocycles. The number of anilines is 1. The fourth-order valence-electron chi connectivity index (χ4n) is 1.64. The Labute approximate surface area is 128 Å². The van der Waals surface area contributed by atoms with E-state index in [1.165, 1.54) is 11.3 Å². The van der Waals surface area contributed by atoms with E-state index in [9.17, 15) is 9.59 Å². The lowest BCUT2D eigenvalue weighted by Crippen LogP contribution is -2.12. The van der Waals surface area contributed by atoms with Crippen LogP contribution in [0.15, 0.2) is 34.8 Å². The predicted molar refractivity (Wildman–Crippen MR) is 82.8 cm³/mol. The Morgan fingerprint density at radius 1 is 1.30 bits per heavy atom. The first kappa shape index (κ1) is 14.7. The maximum Gasteiger partial charge on any atom is 0.338 e. The second-order valence-corrected chi connectivity index (χ2v) is 6.13. The van der Waals surface area contributed by atoms with Crippen molar-refractivity contribution in [2.24, 2.45) is 0 Å². The second kappa shape index (κ2) is 6.19. The number of rotatable bonds is 4. The molecule has 2 rings (SSSR count). The molecule has 2 N–H and O–H groups in total. The van der Waals surface area contributed by atoms with E-state index in [1.807, 2.05) is 6.92 Å². The molecule has 20 heavy (non-hydrogen) atoms. The summed E-state index contributed by atoms with van der Waals surface area (Å²) in [4.78, 5) is 24.2. The molecule has 104 valence electrons. The Balaban J connectivity index is 2.25. The van der Waals surface area contributed by atoms with Crippen molar-refractivity contribution in [3.63, 3.8) is 0 Å². The van der Waals surface area contributed by atoms with Crippen LogP contribution in [-0.4, -0.2) is 17.0 Å². The number of hydrogen-bond acceptors (Lipinski definition) is 3. The normalized spacial score (nSPS) is 10.3. The fourth-order valence-corrected chi connectivity index (χ4v) is 2.89. The number of benzene rings is 1. The van der Waals surface area contributed by atoms with Gasteiger partial charge in [-0.05, 0) is 36.8 Å². The lowest BCUT2D eigenvalue weighted by atomic mass is 10.2. The summed E-state index contributed by atoms with van der Waals surface area (Å²) in [7, 11) is 0. The summed E-state index contributed by atoms with van der Waals surface area (Å²) in [6, 6.07) is 8.48. The summed E-state index contributed by atoms with van der Waals surface area (Å²) in [5, 5.41) is 12.2. The standard InChI is InChI=1S/C14H12BrNO3S/c1-2-10-7-11(14(18)19)13(20-10)16-12(17)8-3-5-9(15)6-4-8/h3-7H,2H2,1H3,(H,16,17)(H,18,19). The summed E-state index contributed by atoms with van der Waals surface area (Å²) < 4.78 is 0.879. The van der Waals surface area contributed by atoms with Crippen LogP contribution in [0, 0.1) is 0 Å². The van der Waals surface area contributed by atoms with E-state index in [0.29, 0.717) is 10.6 Å². The SMILES string of the molecule is CCc1cc(C(=O)O)c(NC(=O)c2ccc(Br)cc2)s1. The molecule has 0 spiro atoms. The summed E-state index contributed by atoms with van der Waals surface area (Å²) in [5.41, 5.74) is 0.619. The van der Waals surface area contributed by atoms with Gasteiger partial charge in [-0.15, -0.1) is 11.3 Å². The Morgan fingerprint density at radius 3 is 2.50 bits per heavy atom. The smallest absolute Gasteiger partial charge is 0.338 e. The van der Waals surface area contributed by atoms with Gasteiger partial charge in [0.15, 0.2) is 0 Å². The van der Waals surface area contributed by atoms with Gasteiger partial charge in [0.05, 0.1) is 5.56 Å². The minimum atomic E-state index is -1.04. The Hall–Kier alpha value is -1.66. The Bertz CT molecular complexity index is 649. The maximum absolute atomic E-state index is 12.1. The number of carbonyl (C=O) groups is 2. The molecule has 6 heteroatoms. The number of thiophene rings is 1. The van der Waals surface area contributed by atoms with E-state index in [-0.39, 0.29) is 11.5 Å². The van der Waals surface area contributed by atoms with Gasteiger partial charge >= 0.3 is 5.97 Å². The van der Waals surface area contributed by atoms with Crippen molar-refractivity contribution in [1.82, 2.24) is 0 Å². The molecule has 2 aromatic rings. The first-order chi connectivity index (χ1) is 9.51. The highest BCUT2D eigenvalue weighted by molar-refractivity contribution is 9.10. The Morgan fingerprint density at radius 2 is 1.95 bits per heavy atom. The van der Waals surface area contributed by atoms with E-state index >= 15 is 0 Å². The van der Waals surface area contributed by atoms with E-state index < -0.39 is 5.97 Å². The number of hydrogen-bond donors (Lipinski definition) is 2. The quantitative estimate of drug-likeness (QED) is 0.871. The number of carboxylic acid groups (broad SMARTS) is 1. The summed E-state index contributed by atoms with van der Waals surface area (Å²) in [6.07, 6.45) is 0.735. The third kappa shape index (κ3) is 3.26. The van der Waals surface area contributed by atoms with Gasteiger partial charge in [-0.25, -0.2) is 4.79 Å². The molecule has 1 aromatic carbocycles. The molecule has 0 fully saturated rings. The molecule has 1 aromatic heterocycles. The zero-order chi connectivity index (χ0) is 14.7. The number of halogens is 1. The summed E-state index contributed by atoms with van der Waals surface area (Å²) in [5.74, 6) is -1.35. The molecule has 0 atom stereocenters. The molecule has 0 radical (unpaired) electrons. The van der Waals surface area contributed by atoms with Crippen molar-refractivity contribution in [3.8, 4) is 0 Å². The molecule has 1 heterocycles. The van der Waals surface area contributed by atoms with Gasteiger partial charge in [0.25, 0.3) is 5.91 Å². The number of amides is 1. The van der Waals surface area contributed by atoms with Crippen molar-refractivity contribution < 1.29 is 14.7 Å². The molecule has 0 bridgehead atoms. The minimum absolute atomic E-state index is 0.136. The van der Waals surface area contributed by atoms with Crippen LogP contribution in [0.3, 0.4) is 0 Å². The number of carbonyl (C=O) groups excluding carboxylic acids is 1. The van der Waals surface area contributed by atoms with E-state index in [4.69, 9.17) is 5.11 Å². The molecule has 0 aliphatic heterocycles. The second-order valence-electron chi connectivity index (χ2n) is 4.08. The minimum Gasteiger partial charge on any atom is -0.478 e. The lowest BCUT2D eigenvalue weighted by molar-refractivity contribution is 0.0698. The molecule has 0 aliphatic rings. The van der Waals surface area contributed by atoms with Crippen LogP contribution in [0.5, 0.6) is 0 Å². The number of nitrogens with one attached hydrogen (secondary N) is 1. The van der Waals surface area contributed by atoms with Crippen molar-refractivity contribution in [3.05, 3.63) is 50.8 Å². The van der Waals surface area contributed by atoms with Gasteiger partial charge < -0.3 is 10.4 Å². The van der Waals surface area contributed by atoms with Gasteiger partial charge in [0, 0.05) is 14.9 Å². The number of aryl methyl sites for hydroxylation is 1. The van der Waals surface area contributed by atoms with Gasteiger partial charge in [-0.1, -0.05) is 22.9 Å². The molecular weight excluding hydrogens is 342 g/mol. The highest BCUT2D eigenvalue weighted by Gasteiger charge is 2.17. The van der Waals surface area contributed by atoms with E-state index in [0.717, 1.165) is 15.8 Å². The number of aromatic carboxylic acids is 1. The molecule has 0 unspecified atom stereocenters. The largest absolute Gasteiger partial charge is 0.478 e. The molecule has 0 saturated carbocycles. The topological polar surface area (TPSA) is 66.4 Å². The van der Waals surface area contributed by atoms with Gasteiger partial charge in [0.2, 0.25) is 0 Å². The average Bonchev–Trinajstić information content (AvgIpc) is 2.82. The zero-order valence-electron chi connectivity index (χ0n) is 10.6. The highest BCUT2D eigenvalue weighted by atomic mass is 79.9. The first-order valence-electron chi connectivity index (χ1n) is 5.94. The Kier molecular flexibility index (Phi) is 4.57. The van der Waals surface area contributed by atoms with Crippen molar-refractivity contribution >= 4 is 44.1 Å². The van der Waals surface area contributed by atoms with Crippen LogP contribution in [0.4, 0.5) is 5.00 Å². The summed E-state index contributed by atoms with van der Waals surface area (Å²) >= 11 is 4.59. The third-order valence-corrected chi connectivity index (χ3v) is 4.42. The zero-order valence-corrected chi connectivity index (χ0v) is 13.0. The summed E-state index contributed by atoms with van der Waals surface area (Å²) in [6.45, 7) is 1.94. The van der Waals surface area contributed by atoms with Crippen molar-refractivity contribution in [2.45, 2.75) is 13.3 Å². The fraction of sp³-hybridized carbons (Fsp3) is 0.143. The van der Waals surface area contributed by atoms with E-state index in [1.54, 1.807) is 30.3 Å². The van der Waals surface area contributed by atoms with E-state index in [2.05, 4.69) is 21.2 Å². The van der Waals surface area contributed by atoms with Crippen LogP contribution < -0.4 is 5.32 Å².